The molecule has 0 saturated carbocycles. The van der Waals surface area contributed by atoms with Crippen molar-refractivity contribution < 1.29 is 10.2 Å². The highest BCUT2D eigenvalue weighted by molar-refractivity contribution is 5.36. The van der Waals surface area contributed by atoms with E-state index in [0.29, 0.717) is 12.2 Å². The van der Waals surface area contributed by atoms with Crippen LogP contribution in [0.25, 0.3) is 0 Å². The Balaban J connectivity index is 2.81. The zero-order valence-electron chi connectivity index (χ0n) is 10.5. The van der Waals surface area contributed by atoms with Crippen LogP contribution in [0.15, 0.2) is 18.2 Å². The van der Waals surface area contributed by atoms with Crippen molar-refractivity contribution >= 4 is 0 Å². The summed E-state index contributed by atoms with van der Waals surface area (Å²) in [6.07, 6.45) is 2.44. The predicted octanol–water partition coefficient (Wildman–Crippen LogP) is 2.91. The van der Waals surface area contributed by atoms with Crippen LogP contribution in [0.4, 0.5) is 0 Å². The highest BCUT2D eigenvalue weighted by Gasteiger charge is 2.12. The summed E-state index contributed by atoms with van der Waals surface area (Å²) in [6.45, 7) is 6.77. The SMILES string of the molecule is CC(C)(C)Cc1ccc(O)c(CCCO)c1. The van der Waals surface area contributed by atoms with Gasteiger partial charge in [-0.25, -0.2) is 0 Å². The molecule has 2 heteroatoms. The van der Waals surface area contributed by atoms with Gasteiger partial charge < -0.3 is 10.2 Å². The minimum Gasteiger partial charge on any atom is -0.508 e. The third kappa shape index (κ3) is 4.23. The van der Waals surface area contributed by atoms with Crippen molar-refractivity contribution in [3.63, 3.8) is 0 Å². The molecule has 1 aromatic carbocycles. The van der Waals surface area contributed by atoms with Crippen LogP contribution in [0.5, 0.6) is 5.75 Å². The van der Waals surface area contributed by atoms with Crippen LogP contribution in [-0.4, -0.2) is 16.8 Å². The number of aromatic hydroxyl groups is 1. The molecule has 0 radical (unpaired) electrons. The van der Waals surface area contributed by atoms with Gasteiger partial charge in [0.15, 0.2) is 0 Å². The van der Waals surface area contributed by atoms with Crippen LogP contribution in [0, 0.1) is 5.41 Å². The van der Waals surface area contributed by atoms with Crippen molar-refractivity contribution in [3.05, 3.63) is 29.3 Å². The number of benzene rings is 1. The molecular formula is C14H22O2. The molecular weight excluding hydrogens is 200 g/mol. The van der Waals surface area contributed by atoms with Gasteiger partial charge in [0.1, 0.15) is 5.75 Å². The summed E-state index contributed by atoms with van der Waals surface area (Å²) in [7, 11) is 0. The van der Waals surface area contributed by atoms with E-state index in [1.54, 1.807) is 6.07 Å². The van der Waals surface area contributed by atoms with E-state index in [4.69, 9.17) is 5.11 Å². The van der Waals surface area contributed by atoms with Crippen LogP contribution in [-0.2, 0) is 12.8 Å². The number of phenols is 1. The number of phenolic OH excluding ortho intramolecular Hbond substituents is 1. The van der Waals surface area contributed by atoms with Gasteiger partial charge in [-0.2, -0.15) is 0 Å². The summed E-state index contributed by atoms with van der Waals surface area (Å²) in [6, 6.07) is 5.78. The summed E-state index contributed by atoms with van der Waals surface area (Å²) < 4.78 is 0. The lowest BCUT2D eigenvalue weighted by molar-refractivity contribution is 0.288. The van der Waals surface area contributed by atoms with Crippen LogP contribution >= 0.6 is 0 Å². The van der Waals surface area contributed by atoms with Gasteiger partial charge in [0.2, 0.25) is 0 Å². The zero-order valence-corrected chi connectivity index (χ0v) is 10.5. The van der Waals surface area contributed by atoms with Crippen LogP contribution in [0.3, 0.4) is 0 Å². The molecule has 0 amide bonds. The largest absolute Gasteiger partial charge is 0.508 e. The van der Waals surface area contributed by atoms with Gasteiger partial charge >= 0.3 is 0 Å². The van der Waals surface area contributed by atoms with E-state index in [9.17, 15) is 5.11 Å². The van der Waals surface area contributed by atoms with Crippen molar-refractivity contribution in [2.45, 2.75) is 40.0 Å². The minimum absolute atomic E-state index is 0.170. The lowest BCUT2D eigenvalue weighted by atomic mass is 9.87. The Morgan fingerprint density at radius 1 is 1.19 bits per heavy atom. The summed E-state index contributed by atoms with van der Waals surface area (Å²) in [4.78, 5) is 0. The lowest BCUT2D eigenvalue weighted by Crippen LogP contribution is -2.09. The highest BCUT2D eigenvalue weighted by atomic mass is 16.3. The van der Waals surface area contributed by atoms with Crippen LogP contribution in [0.1, 0.15) is 38.3 Å². The first-order valence-corrected chi connectivity index (χ1v) is 5.84. The van der Waals surface area contributed by atoms with Gasteiger partial charge in [0, 0.05) is 6.61 Å². The van der Waals surface area contributed by atoms with Crippen molar-refractivity contribution in [2.24, 2.45) is 5.41 Å². The van der Waals surface area contributed by atoms with Crippen molar-refractivity contribution in [3.8, 4) is 5.75 Å². The normalized spacial score (nSPS) is 11.8. The van der Waals surface area contributed by atoms with Gasteiger partial charge in [0.25, 0.3) is 0 Å². The van der Waals surface area contributed by atoms with E-state index in [1.165, 1.54) is 5.56 Å². The van der Waals surface area contributed by atoms with Crippen LogP contribution in [0.2, 0.25) is 0 Å². The smallest absolute Gasteiger partial charge is 0.118 e. The maximum atomic E-state index is 9.68. The molecule has 0 aliphatic heterocycles. The first-order valence-electron chi connectivity index (χ1n) is 5.84. The molecule has 1 aromatic rings. The molecule has 0 heterocycles. The van der Waals surface area contributed by atoms with E-state index in [2.05, 4.69) is 26.8 Å². The van der Waals surface area contributed by atoms with Crippen molar-refractivity contribution in [2.75, 3.05) is 6.61 Å². The van der Waals surface area contributed by atoms with E-state index in [-0.39, 0.29) is 12.0 Å². The first kappa shape index (κ1) is 13.0. The molecule has 0 aliphatic carbocycles. The molecule has 1 rings (SSSR count). The van der Waals surface area contributed by atoms with Crippen molar-refractivity contribution in [1.82, 2.24) is 0 Å². The average Bonchev–Trinajstić information content (AvgIpc) is 2.17. The Hall–Kier alpha value is -1.02. The molecule has 2 nitrogen and oxygen atoms in total. The summed E-state index contributed by atoms with van der Waals surface area (Å²) in [5.74, 6) is 0.339. The second kappa shape index (κ2) is 5.35. The molecule has 90 valence electrons. The monoisotopic (exact) mass is 222 g/mol. The van der Waals surface area contributed by atoms with E-state index in [0.717, 1.165) is 18.4 Å². The fourth-order valence-electron chi connectivity index (χ4n) is 1.83. The molecule has 0 aromatic heterocycles. The number of hydrogen-bond acceptors (Lipinski definition) is 2. The molecule has 0 bridgehead atoms. The Labute approximate surface area is 97.9 Å². The third-order valence-electron chi connectivity index (χ3n) is 2.48. The van der Waals surface area contributed by atoms with E-state index >= 15 is 0 Å². The van der Waals surface area contributed by atoms with Crippen LogP contribution < -0.4 is 0 Å². The number of aliphatic hydroxyl groups is 1. The molecule has 0 spiro atoms. The molecule has 16 heavy (non-hydrogen) atoms. The van der Waals surface area contributed by atoms with Gasteiger partial charge in [-0.1, -0.05) is 32.9 Å². The van der Waals surface area contributed by atoms with Gasteiger partial charge in [-0.05, 0) is 41.9 Å². The van der Waals surface area contributed by atoms with Gasteiger partial charge in [-0.15, -0.1) is 0 Å². The molecule has 2 N–H and O–H groups in total. The maximum absolute atomic E-state index is 9.68. The minimum atomic E-state index is 0.170. The van der Waals surface area contributed by atoms with E-state index < -0.39 is 0 Å². The molecule has 0 atom stereocenters. The maximum Gasteiger partial charge on any atom is 0.118 e. The fourth-order valence-corrected chi connectivity index (χ4v) is 1.83. The second-order valence-corrected chi connectivity index (χ2v) is 5.53. The molecule has 0 fully saturated rings. The van der Waals surface area contributed by atoms with Crippen molar-refractivity contribution in [1.29, 1.82) is 0 Å². The summed E-state index contributed by atoms with van der Waals surface area (Å²) in [5, 5.41) is 18.5. The Kier molecular flexibility index (Phi) is 4.36. The van der Waals surface area contributed by atoms with Gasteiger partial charge in [-0.3, -0.25) is 0 Å². The fraction of sp³-hybridized carbons (Fsp3) is 0.571. The predicted molar refractivity (Wildman–Crippen MR) is 66.7 cm³/mol. The molecule has 0 unspecified atom stereocenters. The van der Waals surface area contributed by atoms with Gasteiger partial charge in [0.05, 0.1) is 0 Å². The molecule has 0 saturated heterocycles. The standard InChI is InChI=1S/C14H22O2/c1-14(2,3)10-11-6-7-13(16)12(9-11)5-4-8-15/h6-7,9,15-16H,4-5,8,10H2,1-3H3. The Morgan fingerprint density at radius 2 is 1.88 bits per heavy atom. The number of hydrogen-bond donors (Lipinski definition) is 2. The number of rotatable bonds is 4. The Morgan fingerprint density at radius 3 is 2.44 bits per heavy atom. The Bertz CT molecular complexity index is 337. The van der Waals surface area contributed by atoms with E-state index in [1.807, 2.05) is 6.07 Å². The zero-order chi connectivity index (χ0) is 12.2. The molecule has 0 aliphatic rings. The third-order valence-corrected chi connectivity index (χ3v) is 2.48. The second-order valence-electron chi connectivity index (χ2n) is 5.53. The first-order chi connectivity index (χ1) is 7.42. The lowest BCUT2D eigenvalue weighted by Gasteiger charge is -2.18. The number of aliphatic hydroxyl groups excluding tert-OH is 1. The summed E-state index contributed by atoms with van der Waals surface area (Å²) in [5.41, 5.74) is 2.44. The topological polar surface area (TPSA) is 40.5 Å². The average molecular weight is 222 g/mol. The summed E-state index contributed by atoms with van der Waals surface area (Å²) >= 11 is 0. The highest BCUT2D eigenvalue weighted by Crippen LogP contribution is 2.25. The number of aryl methyl sites for hydroxylation is 1. The quantitative estimate of drug-likeness (QED) is 0.822.